The maximum absolute atomic E-state index is 13.8. The van der Waals surface area contributed by atoms with Gasteiger partial charge in [0.1, 0.15) is 0 Å². The Labute approximate surface area is 188 Å². The Kier molecular flexibility index (Phi) is 4.70. The number of nitrogens with zero attached hydrogens (tertiary/aromatic N) is 3. The van der Waals surface area contributed by atoms with Crippen LogP contribution >= 0.6 is 0 Å². The van der Waals surface area contributed by atoms with E-state index < -0.39 is 0 Å². The summed E-state index contributed by atoms with van der Waals surface area (Å²) in [6.45, 7) is 8.19. The van der Waals surface area contributed by atoms with Gasteiger partial charge in [-0.2, -0.15) is 5.26 Å². The van der Waals surface area contributed by atoms with Crippen LogP contribution in [0, 0.1) is 11.3 Å². The van der Waals surface area contributed by atoms with E-state index in [9.17, 15) is 10.1 Å². The predicted octanol–water partition coefficient (Wildman–Crippen LogP) is 5.03. The molecular weight excluding hydrogens is 398 g/mol. The van der Waals surface area contributed by atoms with E-state index in [2.05, 4.69) is 49.0 Å². The first-order valence-electron chi connectivity index (χ1n) is 11.3. The van der Waals surface area contributed by atoms with Gasteiger partial charge in [-0.15, -0.1) is 0 Å². The number of piperidine rings is 1. The Morgan fingerprint density at radius 1 is 1.16 bits per heavy atom. The Bertz CT molecular complexity index is 1250. The van der Waals surface area contributed by atoms with Crippen molar-refractivity contribution in [2.45, 2.75) is 51.9 Å². The molecule has 3 aliphatic rings. The van der Waals surface area contributed by atoms with Crippen molar-refractivity contribution >= 4 is 22.8 Å². The number of carbonyl (C=O) groups excluding carboxylic acids is 1. The lowest BCUT2D eigenvalue weighted by Crippen LogP contribution is -2.36. The normalized spacial score (nSPS) is 18.8. The molecule has 0 atom stereocenters. The largest absolute Gasteiger partial charge is 0.411 e. The molecule has 2 aromatic carbocycles. The molecular formula is C27H27N3O2. The first kappa shape index (κ1) is 20.5. The van der Waals surface area contributed by atoms with Gasteiger partial charge in [0.25, 0.3) is 0 Å². The maximum atomic E-state index is 13.8. The predicted molar refractivity (Wildman–Crippen MR) is 126 cm³/mol. The molecule has 0 saturated carbocycles. The number of benzene rings is 2. The summed E-state index contributed by atoms with van der Waals surface area (Å²) < 4.78 is 0. The number of anilines is 1. The van der Waals surface area contributed by atoms with Crippen molar-refractivity contribution in [1.82, 2.24) is 0 Å². The molecule has 5 heteroatoms. The molecule has 0 bridgehead atoms. The topological polar surface area (TPSA) is 76.7 Å². The average molecular weight is 426 g/mol. The number of rotatable bonds is 2. The highest BCUT2D eigenvalue weighted by Crippen LogP contribution is 2.51. The SMILES string of the molecule is CCc1cc2c(cc1N1CCC(=NO)CC1)C(C)(C)C1=C(C2=O)c2ccc(C#N)cc2C1. The zero-order valence-corrected chi connectivity index (χ0v) is 18.8. The number of Topliss-reactive ketones (excluding diaryl/α,β-unsaturated/α-hetero) is 1. The van der Waals surface area contributed by atoms with Gasteiger partial charge in [-0.05, 0) is 64.9 Å². The Morgan fingerprint density at radius 2 is 1.91 bits per heavy atom. The van der Waals surface area contributed by atoms with Gasteiger partial charge in [0.05, 0.1) is 17.3 Å². The summed E-state index contributed by atoms with van der Waals surface area (Å²) in [5.74, 6) is 0.104. The van der Waals surface area contributed by atoms with E-state index >= 15 is 0 Å². The van der Waals surface area contributed by atoms with Crippen LogP contribution in [0.15, 0.2) is 41.1 Å². The summed E-state index contributed by atoms with van der Waals surface area (Å²) in [5, 5.41) is 21.8. The van der Waals surface area contributed by atoms with Crippen LogP contribution in [0.3, 0.4) is 0 Å². The Balaban J connectivity index is 1.61. The minimum Gasteiger partial charge on any atom is -0.411 e. The van der Waals surface area contributed by atoms with Gasteiger partial charge in [0.2, 0.25) is 0 Å². The fraction of sp³-hybridized carbons (Fsp3) is 0.370. The van der Waals surface area contributed by atoms with Gasteiger partial charge >= 0.3 is 0 Å². The van der Waals surface area contributed by atoms with E-state index in [1.54, 1.807) is 0 Å². The monoisotopic (exact) mass is 425 g/mol. The number of oxime groups is 1. The van der Waals surface area contributed by atoms with Crippen molar-refractivity contribution in [2.75, 3.05) is 18.0 Å². The number of nitriles is 1. The zero-order chi connectivity index (χ0) is 22.6. The Morgan fingerprint density at radius 3 is 2.56 bits per heavy atom. The third kappa shape index (κ3) is 2.90. The van der Waals surface area contributed by atoms with E-state index in [-0.39, 0.29) is 11.2 Å². The van der Waals surface area contributed by atoms with E-state index in [0.29, 0.717) is 12.0 Å². The second-order valence-electron chi connectivity index (χ2n) is 9.50. The molecule has 1 heterocycles. The number of aryl methyl sites for hydroxylation is 1. The summed E-state index contributed by atoms with van der Waals surface area (Å²) in [5.41, 5.74) is 9.52. The van der Waals surface area contributed by atoms with Crippen molar-refractivity contribution in [2.24, 2.45) is 5.16 Å². The molecule has 1 N–H and O–H groups in total. The highest BCUT2D eigenvalue weighted by atomic mass is 16.4. The second kappa shape index (κ2) is 7.34. The molecule has 32 heavy (non-hydrogen) atoms. The van der Waals surface area contributed by atoms with Crippen molar-refractivity contribution in [3.05, 3.63) is 69.3 Å². The maximum Gasteiger partial charge on any atom is 0.193 e. The smallest absolute Gasteiger partial charge is 0.193 e. The van der Waals surface area contributed by atoms with E-state index in [1.807, 2.05) is 18.2 Å². The number of fused-ring (bicyclic) bond motifs is 3. The Hall–Kier alpha value is -3.39. The number of hydrogen-bond donors (Lipinski definition) is 1. The van der Waals surface area contributed by atoms with Crippen LogP contribution in [0.4, 0.5) is 5.69 Å². The molecule has 0 amide bonds. The summed E-state index contributed by atoms with van der Waals surface area (Å²) in [6, 6.07) is 12.2. The molecule has 5 rings (SSSR count). The summed E-state index contributed by atoms with van der Waals surface area (Å²) in [4.78, 5) is 16.1. The fourth-order valence-corrected chi connectivity index (χ4v) is 5.61. The molecule has 0 unspecified atom stereocenters. The number of ketones is 1. The van der Waals surface area contributed by atoms with Crippen LogP contribution in [0.2, 0.25) is 0 Å². The molecule has 1 saturated heterocycles. The van der Waals surface area contributed by atoms with Crippen LogP contribution in [-0.4, -0.2) is 29.8 Å². The molecule has 162 valence electrons. The quantitative estimate of drug-likeness (QED) is 0.540. The van der Waals surface area contributed by atoms with Crippen LogP contribution in [-0.2, 0) is 18.3 Å². The number of carbonyl (C=O) groups is 1. The molecule has 2 aromatic rings. The summed E-state index contributed by atoms with van der Waals surface area (Å²) in [6.07, 6.45) is 3.07. The van der Waals surface area contributed by atoms with Gasteiger partial charge in [0.15, 0.2) is 5.78 Å². The van der Waals surface area contributed by atoms with Crippen molar-refractivity contribution in [3.8, 4) is 6.07 Å². The zero-order valence-electron chi connectivity index (χ0n) is 18.8. The van der Waals surface area contributed by atoms with E-state index in [4.69, 9.17) is 5.21 Å². The molecule has 0 aromatic heterocycles. The molecule has 2 aliphatic carbocycles. The lowest BCUT2D eigenvalue weighted by atomic mass is 9.68. The molecule has 1 aliphatic heterocycles. The number of allylic oxidation sites excluding steroid dienone is 2. The first-order valence-corrected chi connectivity index (χ1v) is 11.3. The standard InChI is InChI=1S/C27H27N3O2/c1-4-17-12-21-22(14-24(17)30-9-7-19(29-32)8-10-30)27(2,3)23-13-18-11-16(15-28)5-6-20(18)25(23)26(21)31/h5-6,11-12,14,32H,4,7-10,13H2,1-3H3. The third-order valence-electron chi connectivity index (χ3n) is 7.49. The lowest BCUT2D eigenvalue weighted by molar-refractivity contribution is 0.105. The van der Waals surface area contributed by atoms with Gasteiger partial charge in [0, 0.05) is 48.2 Å². The molecule has 0 radical (unpaired) electrons. The summed E-state index contributed by atoms with van der Waals surface area (Å²) >= 11 is 0. The van der Waals surface area contributed by atoms with Crippen LogP contribution in [0.5, 0.6) is 0 Å². The van der Waals surface area contributed by atoms with Crippen molar-refractivity contribution in [1.29, 1.82) is 5.26 Å². The fourth-order valence-electron chi connectivity index (χ4n) is 5.61. The molecule has 1 fully saturated rings. The highest BCUT2D eigenvalue weighted by Gasteiger charge is 2.43. The minimum atomic E-state index is -0.279. The van der Waals surface area contributed by atoms with Gasteiger partial charge in [-0.25, -0.2) is 0 Å². The second-order valence-corrected chi connectivity index (χ2v) is 9.50. The van der Waals surface area contributed by atoms with Crippen LogP contribution in [0.25, 0.3) is 5.57 Å². The van der Waals surface area contributed by atoms with Gasteiger partial charge in [-0.3, -0.25) is 4.79 Å². The molecule has 0 spiro atoms. The molecule has 5 nitrogen and oxygen atoms in total. The minimum absolute atomic E-state index is 0.104. The summed E-state index contributed by atoms with van der Waals surface area (Å²) in [7, 11) is 0. The van der Waals surface area contributed by atoms with Gasteiger partial charge < -0.3 is 10.1 Å². The highest BCUT2D eigenvalue weighted by molar-refractivity contribution is 6.33. The number of hydrogen-bond acceptors (Lipinski definition) is 5. The van der Waals surface area contributed by atoms with Crippen molar-refractivity contribution < 1.29 is 10.0 Å². The van der Waals surface area contributed by atoms with Crippen LogP contribution in [0.1, 0.15) is 71.8 Å². The average Bonchev–Trinajstić information content (AvgIpc) is 3.22. The van der Waals surface area contributed by atoms with Gasteiger partial charge in [-0.1, -0.05) is 32.0 Å². The first-order chi connectivity index (χ1) is 15.4. The van der Waals surface area contributed by atoms with E-state index in [0.717, 1.165) is 71.5 Å². The third-order valence-corrected chi connectivity index (χ3v) is 7.49. The van der Waals surface area contributed by atoms with E-state index in [1.165, 1.54) is 11.3 Å². The van der Waals surface area contributed by atoms with Crippen molar-refractivity contribution in [3.63, 3.8) is 0 Å². The van der Waals surface area contributed by atoms with Crippen LogP contribution < -0.4 is 4.90 Å². The lowest BCUT2D eigenvalue weighted by Gasteiger charge is -2.37.